The molecule has 176 valence electrons. The van der Waals surface area contributed by atoms with E-state index in [-0.39, 0.29) is 25.1 Å². The van der Waals surface area contributed by atoms with Gasteiger partial charge in [0.05, 0.1) is 30.5 Å². The topological polar surface area (TPSA) is 117 Å². The molecule has 3 aromatic heterocycles. The fraction of sp³-hybridized carbons (Fsp3) is 0.409. The highest BCUT2D eigenvalue weighted by Crippen LogP contribution is 2.34. The molecular formula is C22H25N3O6S2. The van der Waals surface area contributed by atoms with Crippen molar-refractivity contribution in [3.8, 4) is 0 Å². The zero-order chi connectivity index (χ0) is 24.3. The number of anilines is 1. The van der Waals surface area contributed by atoms with Crippen LogP contribution in [0.25, 0.3) is 10.2 Å². The minimum Gasteiger partial charge on any atom is -0.462 e. The molecule has 33 heavy (non-hydrogen) atoms. The van der Waals surface area contributed by atoms with Gasteiger partial charge in [-0.2, -0.15) is 0 Å². The van der Waals surface area contributed by atoms with Crippen LogP contribution in [0.5, 0.6) is 0 Å². The smallest absolute Gasteiger partial charge is 0.348 e. The standard InChI is InChI=1S/C22H25N3O6S2/c1-6-13-12(5)32-19(16(13)21(28)30-7-2)24-14(26)9-25-10-23-18-15(20(25)27)11(4)17(33-18)22(29)31-8-3/h10H,6-9H2,1-5H3,(H,24,26). The lowest BCUT2D eigenvalue weighted by Gasteiger charge is -2.09. The van der Waals surface area contributed by atoms with E-state index in [1.165, 1.54) is 22.2 Å². The molecule has 1 N–H and O–H groups in total. The predicted octanol–water partition coefficient (Wildman–Crippen LogP) is 3.69. The van der Waals surface area contributed by atoms with E-state index >= 15 is 0 Å². The van der Waals surface area contributed by atoms with Crippen molar-refractivity contribution in [1.29, 1.82) is 0 Å². The zero-order valence-corrected chi connectivity index (χ0v) is 20.7. The van der Waals surface area contributed by atoms with Crippen LogP contribution >= 0.6 is 22.7 Å². The molecule has 0 aromatic carbocycles. The summed E-state index contributed by atoms with van der Waals surface area (Å²) in [6.45, 7) is 9.03. The van der Waals surface area contributed by atoms with E-state index in [0.29, 0.717) is 32.3 Å². The predicted molar refractivity (Wildman–Crippen MR) is 128 cm³/mol. The number of aryl methyl sites for hydroxylation is 2. The van der Waals surface area contributed by atoms with Crippen LogP contribution < -0.4 is 10.9 Å². The molecule has 0 spiro atoms. The van der Waals surface area contributed by atoms with Gasteiger partial charge in [-0.05, 0) is 45.2 Å². The number of hydrogen-bond acceptors (Lipinski definition) is 9. The number of hydrogen-bond donors (Lipinski definition) is 1. The van der Waals surface area contributed by atoms with Gasteiger partial charge < -0.3 is 14.8 Å². The Kier molecular flexibility index (Phi) is 7.65. The Labute approximate surface area is 198 Å². The van der Waals surface area contributed by atoms with Gasteiger partial charge in [-0.3, -0.25) is 14.2 Å². The van der Waals surface area contributed by atoms with Gasteiger partial charge >= 0.3 is 11.9 Å². The minimum atomic E-state index is -0.506. The molecule has 0 aliphatic heterocycles. The van der Waals surface area contributed by atoms with Crippen molar-refractivity contribution in [3.63, 3.8) is 0 Å². The molecule has 0 atom stereocenters. The number of carbonyl (C=O) groups excluding carboxylic acids is 3. The number of fused-ring (bicyclic) bond motifs is 1. The Bertz CT molecular complexity index is 1290. The molecule has 3 heterocycles. The van der Waals surface area contributed by atoms with E-state index in [0.717, 1.165) is 21.8 Å². The zero-order valence-electron chi connectivity index (χ0n) is 19.1. The van der Waals surface area contributed by atoms with Crippen molar-refractivity contribution in [1.82, 2.24) is 9.55 Å². The molecule has 0 saturated heterocycles. The van der Waals surface area contributed by atoms with Crippen molar-refractivity contribution in [3.05, 3.63) is 43.1 Å². The Morgan fingerprint density at radius 1 is 1.06 bits per heavy atom. The van der Waals surface area contributed by atoms with Crippen LogP contribution in [0.2, 0.25) is 0 Å². The molecule has 3 rings (SSSR count). The first-order valence-corrected chi connectivity index (χ1v) is 12.1. The summed E-state index contributed by atoms with van der Waals surface area (Å²) in [6, 6.07) is 0. The molecule has 0 saturated carbocycles. The number of ether oxygens (including phenoxy) is 2. The monoisotopic (exact) mass is 491 g/mol. The van der Waals surface area contributed by atoms with E-state index in [1.54, 1.807) is 20.8 Å². The van der Waals surface area contributed by atoms with Gasteiger partial charge in [0.2, 0.25) is 5.91 Å². The highest BCUT2D eigenvalue weighted by atomic mass is 32.1. The number of thiophene rings is 2. The second-order valence-corrected chi connectivity index (χ2v) is 9.32. The number of carbonyl (C=O) groups is 3. The van der Waals surface area contributed by atoms with E-state index < -0.39 is 23.4 Å². The summed E-state index contributed by atoms with van der Waals surface area (Å²) < 4.78 is 11.4. The number of nitrogens with zero attached hydrogens (tertiary/aromatic N) is 2. The van der Waals surface area contributed by atoms with E-state index in [1.807, 2.05) is 13.8 Å². The quantitative estimate of drug-likeness (QED) is 0.478. The fourth-order valence-electron chi connectivity index (χ4n) is 3.50. The van der Waals surface area contributed by atoms with Gasteiger partial charge in [0.1, 0.15) is 21.3 Å². The second kappa shape index (κ2) is 10.3. The SMILES string of the molecule is CCOC(=O)c1sc2ncn(CC(=O)Nc3sc(C)c(CC)c3C(=O)OCC)c(=O)c2c1C. The van der Waals surface area contributed by atoms with Crippen molar-refractivity contribution >= 4 is 55.7 Å². The Balaban J connectivity index is 1.90. The first-order valence-electron chi connectivity index (χ1n) is 10.5. The normalized spacial score (nSPS) is 10.9. The van der Waals surface area contributed by atoms with Gasteiger partial charge in [-0.25, -0.2) is 14.6 Å². The van der Waals surface area contributed by atoms with Crippen molar-refractivity contribution < 1.29 is 23.9 Å². The molecule has 11 heteroatoms. The lowest BCUT2D eigenvalue weighted by atomic mass is 10.1. The van der Waals surface area contributed by atoms with Crippen LogP contribution in [0.15, 0.2) is 11.1 Å². The lowest BCUT2D eigenvalue weighted by Crippen LogP contribution is -2.28. The molecular weight excluding hydrogens is 466 g/mol. The van der Waals surface area contributed by atoms with Crippen molar-refractivity contribution in [2.75, 3.05) is 18.5 Å². The number of aromatic nitrogens is 2. The van der Waals surface area contributed by atoms with Crippen LogP contribution in [0.1, 0.15) is 56.8 Å². The van der Waals surface area contributed by atoms with E-state index in [9.17, 15) is 19.2 Å². The van der Waals surface area contributed by atoms with Crippen molar-refractivity contribution in [2.45, 2.75) is 47.6 Å². The van der Waals surface area contributed by atoms with Gasteiger partial charge in [-0.15, -0.1) is 22.7 Å². The van der Waals surface area contributed by atoms with Crippen LogP contribution in [0.3, 0.4) is 0 Å². The molecule has 0 aliphatic carbocycles. The number of rotatable bonds is 8. The molecule has 0 radical (unpaired) electrons. The highest BCUT2D eigenvalue weighted by molar-refractivity contribution is 7.20. The maximum atomic E-state index is 13.0. The first-order chi connectivity index (χ1) is 15.7. The van der Waals surface area contributed by atoms with Gasteiger partial charge in [0, 0.05) is 4.88 Å². The number of amides is 1. The maximum absolute atomic E-state index is 13.0. The minimum absolute atomic E-state index is 0.221. The molecule has 9 nitrogen and oxygen atoms in total. The lowest BCUT2D eigenvalue weighted by molar-refractivity contribution is -0.116. The Morgan fingerprint density at radius 3 is 2.36 bits per heavy atom. The van der Waals surface area contributed by atoms with E-state index in [4.69, 9.17) is 9.47 Å². The van der Waals surface area contributed by atoms with Crippen LogP contribution in [-0.2, 0) is 27.2 Å². The summed E-state index contributed by atoms with van der Waals surface area (Å²) in [4.78, 5) is 56.3. The summed E-state index contributed by atoms with van der Waals surface area (Å²) in [7, 11) is 0. The Hall–Kier alpha value is -3.05. The summed E-state index contributed by atoms with van der Waals surface area (Å²) in [6.07, 6.45) is 1.89. The maximum Gasteiger partial charge on any atom is 0.348 e. The third kappa shape index (κ3) is 4.83. The fourth-order valence-corrected chi connectivity index (χ4v) is 5.68. The summed E-state index contributed by atoms with van der Waals surface area (Å²) in [5, 5.41) is 3.42. The highest BCUT2D eigenvalue weighted by Gasteiger charge is 2.24. The summed E-state index contributed by atoms with van der Waals surface area (Å²) >= 11 is 2.38. The Morgan fingerprint density at radius 2 is 1.73 bits per heavy atom. The largest absolute Gasteiger partial charge is 0.462 e. The van der Waals surface area contributed by atoms with Gasteiger partial charge in [0.15, 0.2) is 0 Å². The summed E-state index contributed by atoms with van der Waals surface area (Å²) in [5.41, 5.74) is 1.23. The molecule has 0 bridgehead atoms. The first kappa shape index (κ1) is 24.6. The van der Waals surface area contributed by atoms with Crippen molar-refractivity contribution in [2.24, 2.45) is 0 Å². The third-order valence-electron chi connectivity index (χ3n) is 4.99. The molecule has 3 aromatic rings. The average molecular weight is 492 g/mol. The summed E-state index contributed by atoms with van der Waals surface area (Å²) in [5.74, 6) is -1.48. The van der Waals surface area contributed by atoms with Crippen LogP contribution in [-0.4, -0.2) is 40.6 Å². The molecule has 0 aliphatic rings. The third-order valence-corrected chi connectivity index (χ3v) is 7.23. The molecule has 0 fully saturated rings. The second-order valence-electron chi connectivity index (χ2n) is 7.10. The van der Waals surface area contributed by atoms with Gasteiger partial charge in [-0.1, -0.05) is 6.92 Å². The molecule has 0 unspecified atom stereocenters. The number of esters is 2. The average Bonchev–Trinajstić information content (AvgIpc) is 3.26. The van der Waals surface area contributed by atoms with E-state index in [2.05, 4.69) is 10.3 Å². The van der Waals surface area contributed by atoms with Gasteiger partial charge in [0.25, 0.3) is 5.56 Å². The van der Waals surface area contributed by atoms with Crippen LogP contribution in [0.4, 0.5) is 5.00 Å². The number of nitrogens with one attached hydrogen (secondary N) is 1. The van der Waals surface area contributed by atoms with Crippen LogP contribution in [0, 0.1) is 13.8 Å². The molecule has 1 amide bonds.